The molecule has 0 bridgehead atoms. The molecule has 2 aromatic carbocycles. The van der Waals surface area contributed by atoms with Gasteiger partial charge in [-0.25, -0.2) is 0 Å². The van der Waals surface area contributed by atoms with Crippen LogP contribution in [0.15, 0.2) is 41.4 Å². The molecule has 0 saturated carbocycles. The first-order chi connectivity index (χ1) is 11.2. The highest BCUT2D eigenvalue weighted by Gasteiger charge is 2.25. The Kier molecular flexibility index (Phi) is 4.02. The fourth-order valence-electron chi connectivity index (χ4n) is 2.75. The lowest BCUT2D eigenvalue weighted by atomic mass is 9.96. The average molecular weight is 310 g/mol. The van der Waals surface area contributed by atoms with Gasteiger partial charge in [-0.3, -0.25) is 9.79 Å². The third-order valence-corrected chi connectivity index (χ3v) is 3.93. The smallest absolute Gasteiger partial charge is 0.248 e. The number of amides is 1. The van der Waals surface area contributed by atoms with Gasteiger partial charge in [-0.2, -0.15) is 0 Å². The first-order valence-electron chi connectivity index (χ1n) is 7.28. The summed E-state index contributed by atoms with van der Waals surface area (Å²) >= 11 is 0. The van der Waals surface area contributed by atoms with E-state index in [1.807, 2.05) is 36.4 Å². The number of likely N-dealkylation sites (N-methyl/N-ethyl adjacent to an activating group) is 1. The summed E-state index contributed by atoms with van der Waals surface area (Å²) in [5, 5.41) is 0. The highest BCUT2D eigenvalue weighted by atomic mass is 16.5. The maximum Gasteiger partial charge on any atom is 0.248 e. The van der Waals surface area contributed by atoms with Crippen molar-refractivity contribution in [3.8, 4) is 22.6 Å². The Balaban J connectivity index is 2.38. The average Bonchev–Trinajstić information content (AvgIpc) is 2.73. The van der Waals surface area contributed by atoms with Crippen LogP contribution in [0.25, 0.3) is 11.1 Å². The molecular weight excluding hydrogens is 292 g/mol. The topological polar surface area (TPSA) is 51.1 Å². The molecule has 1 aliphatic rings. The number of carbonyl (C=O) groups excluding carboxylic acids is 1. The number of fused-ring (bicyclic) bond motifs is 1. The fourth-order valence-corrected chi connectivity index (χ4v) is 2.75. The Morgan fingerprint density at radius 3 is 2.52 bits per heavy atom. The van der Waals surface area contributed by atoms with Crippen LogP contribution in [0.1, 0.15) is 5.56 Å². The summed E-state index contributed by atoms with van der Waals surface area (Å²) in [6, 6.07) is 11.7. The molecule has 2 aromatic rings. The lowest BCUT2D eigenvalue weighted by Crippen LogP contribution is -2.28. The molecule has 0 aliphatic carbocycles. The molecule has 1 aliphatic heterocycles. The normalized spacial score (nSPS) is 13.5. The molecule has 118 valence electrons. The zero-order valence-electron chi connectivity index (χ0n) is 13.4. The number of benzene rings is 2. The van der Waals surface area contributed by atoms with Gasteiger partial charge in [-0.1, -0.05) is 30.3 Å². The highest BCUT2D eigenvalue weighted by molar-refractivity contribution is 6.08. The predicted molar refractivity (Wildman–Crippen MR) is 90.9 cm³/mol. The number of hydrogen-bond donors (Lipinski definition) is 0. The Morgan fingerprint density at radius 1 is 1.13 bits per heavy atom. The predicted octanol–water partition coefficient (Wildman–Crippen LogP) is 2.77. The maximum absolute atomic E-state index is 12.1. The van der Waals surface area contributed by atoms with Crippen molar-refractivity contribution >= 4 is 17.8 Å². The Bertz CT molecular complexity index is 770. The van der Waals surface area contributed by atoms with Gasteiger partial charge < -0.3 is 14.4 Å². The summed E-state index contributed by atoms with van der Waals surface area (Å²) in [5.74, 6) is 1.15. The zero-order chi connectivity index (χ0) is 16.4. The van der Waals surface area contributed by atoms with Crippen LogP contribution in [-0.4, -0.2) is 39.9 Å². The van der Waals surface area contributed by atoms with E-state index < -0.39 is 0 Å². The molecule has 1 amide bonds. The van der Waals surface area contributed by atoms with Crippen LogP contribution in [-0.2, 0) is 4.79 Å². The van der Waals surface area contributed by atoms with Gasteiger partial charge >= 0.3 is 0 Å². The molecule has 23 heavy (non-hydrogen) atoms. The van der Waals surface area contributed by atoms with E-state index in [-0.39, 0.29) is 12.5 Å². The van der Waals surface area contributed by atoms with Crippen LogP contribution in [0.4, 0.5) is 5.69 Å². The monoisotopic (exact) mass is 310 g/mol. The molecule has 0 unspecified atom stereocenters. The third kappa shape index (κ3) is 2.54. The summed E-state index contributed by atoms with van der Waals surface area (Å²) < 4.78 is 11.1. The van der Waals surface area contributed by atoms with Gasteiger partial charge in [0.15, 0.2) is 11.5 Å². The van der Waals surface area contributed by atoms with Crippen molar-refractivity contribution in [1.82, 2.24) is 0 Å². The number of benzodiazepines with no additional fused rings is 1. The van der Waals surface area contributed by atoms with E-state index in [0.29, 0.717) is 11.5 Å². The van der Waals surface area contributed by atoms with Gasteiger partial charge in [0, 0.05) is 30.5 Å². The molecule has 0 atom stereocenters. The number of anilines is 1. The zero-order valence-corrected chi connectivity index (χ0v) is 13.4. The highest BCUT2D eigenvalue weighted by Crippen LogP contribution is 2.45. The number of methoxy groups -OCH3 is 2. The molecule has 0 radical (unpaired) electrons. The second-order valence-corrected chi connectivity index (χ2v) is 5.21. The van der Waals surface area contributed by atoms with Gasteiger partial charge in [-0.05, 0) is 5.56 Å². The SMILES string of the molecule is COc1cc2c(c(-c3ccccc3)c1OC)C=NCC(=O)N2C. The van der Waals surface area contributed by atoms with E-state index in [9.17, 15) is 4.79 Å². The minimum absolute atomic E-state index is 0.0637. The first kappa shape index (κ1) is 15.1. The van der Waals surface area contributed by atoms with Crippen LogP contribution in [0.3, 0.4) is 0 Å². The lowest BCUT2D eigenvalue weighted by molar-refractivity contribution is -0.116. The molecule has 5 heteroatoms. The van der Waals surface area contributed by atoms with Crippen molar-refractivity contribution in [3.05, 3.63) is 42.0 Å². The minimum atomic E-state index is -0.0637. The van der Waals surface area contributed by atoms with Gasteiger partial charge in [0.05, 0.1) is 19.9 Å². The molecule has 1 heterocycles. The Morgan fingerprint density at radius 2 is 1.87 bits per heavy atom. The van der Waals surface area contributed by atoms with Crippen molar-refractivity contribution in [2.75, 3.05) is 32.7 Å². The lowest BCUT2D eigenvalue weighted by Gasteiger charge is -2.22. The molecule has 5 nitrogen and oxygen atoms in total. The third-order valence-electron chi connectivity index (χ3n) is 3.93. The molecule has 0 aromatic heterocycles. The van der Waals surface area contributed by atoms with Crippen LogP contribution < -0.4 is 14.4 Å². The number of ether oxygens (including phenoxy) is 2. The quantitative estimate of drug-likeness (QED) is 0.876. The van der Waals surface area contributed by atoms with Crippen molar-refractivity contribution in [2.45, 2.75) is 0 Å². The number of carbonyl (C=O) groups is 1. The Hall–Kier alpha value is -2.82. The summed E-state index contributed by atoms with van der Waals surface area (Å²) in [6.07, 6.45) is 1.74. The second-order valence-electron chi connectivity index (χ2n) is 5.21. The maximum atomic E-state index is 12.1. The van der Waals surface area contributed by atoms with Crippen LogP contribution in [0.2, 0.25) is 0 Å². The van der Waals surface area contributed by atoms with Crippen LogP contribution >= 0.6 is 0 Å². The standard InChI is InChI=1S/C18H18N2O3/c1-20-14-9-15(22-2)18(23-3)17(12-7-5-4-6-8-12)13(14)10-19-11-16(20)21/h4-10H,11H2,1-3H3. The van der Waals surface area contributed by atoms with E-state index in [1.54, 1.807) is 32.4 Å². The van der Waals surface area contributed by atoms with E-state index >= 15 is 0 Å². The Labute approximate surface area is 135 Å². The van der Waals surface area contributed by atoms with E-state index in [0.717, 1.165) is 22.4 Å². The molecule has 0 spiro atoms. The van der Waals surface area contributed by atoms with E-state index in [4.69, 9.17) is 9.47 Å². The number of aliphatic imine (C=N–C) groups is 1. The van der Waals surface area contributed by atoms with Crippen molar-refractivity contribution < 1.29 is 14.3 Å². The number of rotatable bonds is 3. The van der Waals surface area contributed by atoms with Crippen molar-refractivity contribution in [3.63, 3.8) is 0 Å². The van der Waals surface area contributed by atoms with E-state index in [1.165, 1.54) is 0 Å². The largest absolute Gasteiger partial charge is 0.493 e. The van der Waals surface area contributed by atoms with Gasteiger partial charge in [-0.15, -0.1) is 0 Å². The van der Waals surface area contributed by atoms with E-state index in [2.05, 4.69) is 4.99 Å². The van der Waals surface area contributed by atoms with Gasteiger partial charge in [0.25, 0.3) is 0 Å². The van der Waals surface area contributed by atoms with Gasteiger partial charge in [0.1, 0.15) is 6.54 Å². The van der Waals surface area contributed by atoms with Gasteiger partial charge in [0.2, 0.25) is 5.91 Å². The summed E-state index contributed by atoms with van der Waals surface area (Å²) in [5.41, 5.74) is 3.46. The van der Waals surface area contributed by atoms with Crippen LogP contribution in [0.5, 0.6) is 11.5 Å². The second kappa shape index (κ2) is 6.12. The summed E-state index contributed by atoms with van der Waals surface area (Å²) in [7, 11) is 4.95. The summed E-state index contributed by atoms with van der Waals surface area (Å²) in [6.45, 7) is 0.129. The fraction of sp³-hybridized carbons (Fsp3) is 0.222. The molecule has 0 fully saturated rings. The molecule has 3 rings (SSSR count). The summed E-state index contributed by atoms with van der Waals surface area (Å²) in [4.78, 5) is 18.0. The molecule has 0 N–H and O–H groups in total. The van der Waals surface area contributed by atoms with Crippen molar-refractivity contribution in [1.29, 1.82) is 0 Å². The first-order valence-corrected chi connectivity index (χ1v) is 7.28. The number of nitrogens with zero attached hydrogens (tertiary/aromatic N) is 2. The van der Waals surface area contributed by atoms with Crippen molar-refractivity contribution in [2.24, 2.45) is 4.99 Å². The van der Waals surface area contributed by atoms with Crippen LogP contribution in [0, 0.1) is 0 Å². The molecular formula is C18H18N2O3. The minimum Gasteiger partial charge on any atom is -0.493 e. The number of hydrogen-bond acceptors (Lipinski definition) is 4. The molecule has 0 saturated heterocycles.